The van der Waals surface area contributed by atoms with Gasteiger partial charge in [-0.3, -0.25) is 4.79 Å². The summed E-state index contributed by atoms with van der Waals surface area (Å²) in [5.74, 6) is -1.04. The van der Waals surface area contributed by atoms with Crippen LogP contribution in [0.5, 0.6) is 0 Å². The lowest BCUT2D eigenvalue weighted by Crippen LogP contribution is -2.39. The first-order chi connectivity index (χ1) is 7.50. The van der Waals surface area contributed by atoms with Crippen LogP contribution in [0.1, 0.15) is 10.6 Å². The fraction of sp³-hybridized carbons (Fsp3) is 0.444. The maximum atomic E-state index is 11.4. The van der Waals surface area contributed by atoms with Crippen molar-refractivity contribution in [2.75, 3.05) is 13.6 Å². The Hall–Kier alpha value is -1.63. The lowest BCUT2D eigenvalue weighted by molar-refractivity contribution is -0.137. The molecule has 0 radical (unpaired) electrons. The number of urea groups is 1. The Morgan fingerprint density at radius 3 is 2.81 bits per heavy atom. The second kappa shape index (κ2) is 5.45. The van der Waals surface area contributed by atoms with Crippen LogP contribution in [0, 0.1) is 6.92 Å². The molecule has 0 unspecified atom stereocenters. The number of thiazole rings is 1. The van der Waals surface area contributed by atoms with Crippen LogP contribution in [0.15, 0.2) is 5.51 Å². The quantitative estimate of drug-likeness (QED) is 0.814. The van der Waals surface area contributed by atoms with Gasteiger partial charge in [0.25, 0.3) is 0 Å². The van der Waals surface area contributed by atoms with Crippen LogP contribution in [0.4, 0.5) is 4.79 Å². The van der Waals surface area contributed by atoms with E-state index in [4.69, 9.17) is 5.11 Å². The van der Waals surface area contributed by atoms with Crippen molar-refractivity contribution in [1.29, 1.82) is 0 Å². The van der Waals surface area contributed by atoms with Gasteiger partial charge in [0.1, 0.15) is 6.54 Å². The summed E-state index contributed by atoms with van der Waals surface area (Å²) in [6, 6.07) is -0.407. The van der Waals surface area contributed by atoms with Crippen molar-refractivity contribution in [3.63, 3.8) is 0 Å². The zero-order valence-electron chi connectivity index (χ0n) is 9.06. The molecule has 0 aliphatic carbocycles. The second-order valence-corrected chi connectivity index (χ2v) is 4.21. The third kappa shape index (κ3) is 3.50. The number of likely N-dealkylation sites (N-methyl/N-ethyl adjacent to an activating group) is 1. The van der Waals surface area contributed by atoms with Crippen LogP contribution in [-0.4, -0.2) is 40.6 Å². The van der Waals surface area contributed by atoms with Gasteiger partial charge in [-0.25, -0.2) is 9.78 Å². The smallest absolute Gasteiger partial charge is 0.323 e. The number of hydrogen-bond donors (Lipinski definition) is 2. The van der Waals surface area contributed by atoms with Crippen LogP contribution in [0.25, 0.3) is 0 Å². The minimum atomic E-state index is -1.04. The largest absolute Gasteiger partial charge is 0.480 e. The number of carboxylic acids is 1. The third-order valence-corrected chi connectivity index (χ3v) is 2.90. The van der Waals surface area contributed by atoms with Crippen LogP contribution in [0.3, 0.4) is 0 Å². The minimum absolute atomic E-state index is 0.312. The summed E-state index contributed by atoms with van der Waals surface area (Å²) in [5.41, 5.74) is 2.59. The molecule has 0 saturated carbocycles. The number of aromatic nitrogens is 1. The Labute approximate surface area is 96.9 Å². The Morgan fingerprint density at radius 1 is 1.62 bits per heavy atom. The van der Waals surface area contributed by atoms with E-state index in [1.165, 1.54) is 18.4 Å². The van der Waals surface area contributed by atoms with E-state index in [1.807, 2.05) is 6.92 Å². The number of rotatable bonds is 4. The molecule has 0 bridgehead atoms. The summed E-state index contributed by atoms with van der Waals surface area (Å²) in [7, 11) is 1.43. The molecular formula is C9H13N3O3S. The monoisotopic (exact) mass is 243 g/mol. The average molecular weight is 243 g/mol. The Bertz CT molecular complexity index is 391. The van der Waals surface area contributed by atoms with Gasteiger partial charge in [0.2, 0.25) is 0 Å². The minimum Gasteiger partial charge on any atom is -0.480 e. The Morgan fingerprint density at radius 2 is 2.31 bits per heavy atom. The number of hydrogen-bond acceptors (Lipinski definition) is 4. The summed E-state index contributed by atoms with van der Waals surface area (Å²) in [6.07, 6.45) is 0. The normalized spacial score (nSPS) is 9.88. The molecular weight excluding hydrogens is 230 g/mol. The molecule has 0 atom stereocenters. The van der Waals surface area contributed by atoms with E-state index in [2.05, 4.69) is 10.3 Å². The first kappa shape index (κ1) is 12.4. The van der Waals surface area contributed by atoms with Crippen LogP contribution < -0.4 is 5.32 Å². The number of carbonyl (C=O) groups excluding carboxylic acids is 1. The van der Waals surface area contributed by atoms with Gasteiger partial charge >= 0.3 is 12.0 Å². The van der Waals surface area contributed by atoms with E-state index in [1.54, 1.807) is 5.51 Å². The zero-order chi connectivity index (χ0) is 12.1. The van der Waals surface area contributed by atoms with Crippen LogP contribution in [0.2, 0.25) is 0 Å². The predicted octanol–water partition coefficient (Wildman–Crippen LogP) is 0.678. The SMILES string of the molecule is Cc1ncsc1CNC(=O)N(C)CC(=O)O. The fourth-order valence-corrected chi connectivity index (χ4v) is 1.78. The van der Waals surface area contributed by atoms with E-state index < -0.39 is 12.0 Å². The lowest BCUT2D eigenvalue weighted by atomic mass is 10.4. The van der Waals surface area contributed by atoms with Gasteiger partial charge in [-0.15, -0.1) is 11.3 Å². The van der Waals surface area contributed by atoms with Gasteiger partial charge < -0.3 is 15.3 Å². The molecule has 2 N–H and O–H groups in total. The van der Waals surface area contributed by atoms with Crippen molar-refractivity contribution in [3.8, 4) is 0 Å². The number of nitrogens with zero attached hydrogens (tertiary/aromatic N) is 2. The van der Waals surface area contributed by atoms with Crippen molar-refractivity contribution in [2.24, 2.45) is 0 Å². The molecule has 2 amide bonds. The van der Waals surface area contributed by atoms with Crippen LogP contribution >= 0.6 is 11.3 Å². The van der Waals surface area contributed by atoms with Crippen molar-refractivity contribution in [2.45, 2.75) is 13.5 Å². The molecule has 0 fully saturated rings. The van der Waals surface area contributed by atoms with E-state index >= 15 is 0 Å². The first-order valence-electron chi connectivity index (χ1n) is 4.60. The van der Waals surface area contributed by atoms with Crippen molar-refractivity contribution in [1.82, 2.24) is 15.2 Å². The predicted molar refractivity (Wildman–Crippen MR) is 59.4 cm³/mol. The first-order valence-corrected chi connectivity index (χ1v) is 5.48. The zero-order valence-corrected chi connectivity index (χ0v) is 9.87. The number of amides is 2. The van der Waals surface area contributed by atoms with Gasteiger partial charge in [0.15, 0.2) is 0 Å². The highest BCUT2D eigenvalue weighted by molar-refractivity contribution is 7.09. The van der Waals surface area contributed by atoms with Gasteiger partial charge in [-0.1, -0.05) is 0 Å². The molecule has 0 saturated heterocycles. The van der Waals surface area contributed by atoms with Crippen molar-refractivity contribution in [3.05, 3.63) is 16.1 Å². The Balaban J connectivity index is 2.41. The topological polar surface area (TPSA) is 82.5 Å². The number of aliphatic carboxylic acids is 1. The van der Waals surface area contributed by atoms with Gasteiger partial charge in [-0.05, 0) is 6.92 Å². The van der Waals surface area contributed by atoms with E-state index in [0.29, 0.717) is 6.54 Å². The molecule has 0 aromatic carbocycles. The molecule has 1 aromatic rings. The molecule has 7 heteroatoms. The highest BCUT2D eigenvalue weighted by atomic mass is 32.1. The molecule has 0 aliphatic heterocycles. The average Bonchev–Trinajstić information content (AvgIpc) is 2.59. The molecule has 88 valence electrons. The van der Waals surface area contributed by atoms with Crippen LogP contribution in [-0.2, 0) is 11.3 Å². The maximum absolute atomic E-state index is 11.4. The number of nitrogens with one attached hydrogen (secondary N) is 1. The number of carbonyl (C=O) groups is 2. The van der Waals surface area contributed by atoms with Crippen molar-refractivity contribution < 1.29 is 14.7 Å². The Kier molecular flexibility index (Phi) is 4.24. The van der Waals surface area contributed by atoms with Gasteiger partial charge in [-0.2, -0.15) is 0 Å². The lowest BCUT2D eigenvalue weighted by Gasteiger charge is -2.15. The summed E-state index contributed by atoms with van der Waals surface area (Å²) in [4.78, 5) is 27.9. The highest BCUT2D eigenvalue weighted by Crippen LogP contribution is 2.11. The van der Waals surface area contributed by atoms with Gasteiger partial charge in [0.05, 0.1) is 17.7 Å². The van der Waals surface area contributed by atoms with E-state index in [0.717, 1.165) is 15.5 Å². The third-order valence-electron chi connectivity index (χ3n) is 1.96. The summed E-state index contributed by atoms with van der Waals surface area (Å²) >= 11 is 1.46. The van der Waals surface area contributed by atoms with Crippen molar-refractivity contribution >= 4 is 23.3 Å². The second-order valence-electron chi connectivity index (χ2n) is 3.27. The van der Waals surface area contributed by atoms with E-state index in [-0.39, 0.29) is 6.54 Å². The molecule has 1 heterocycles. The van der Waals surface area contributed by atoms with Gasteiger partial charge in [0, 0.05) is 11.9 Å². The molecule has 16 heavy (non-hydrogen) atoms. The highest BCUT2D eigenvalue weighted by Gasteiger charge is 2.12. The fourth-order valence-electron chi connectivity index (χ4n) is 1.06. The molecule has 0 spiro atoms. The summed E-state index contributed by atoms with van der Waals surface area (Å²) < 4.78 is 0. The number of aryl methyl sites for hydroxylation is 1. The van der Waals surface area contributed by atoms with E-state index in [9.17, 15) is 9.59 Å². The standard InChI is InChI=1S/C9H13N3O3S/c1-6-7(16-5-11-6)3-10-9(15)12(2)4-8(13)14/h5H,3-4H2,1-2H3,(H,10,15)(H,13,14). The summed E-state index contributed by atoms with van der Waals surface area (Å²) in [6.45, 7) is 1.92. The molecule has 0 aliphatic rings. The molecule has 1 rings (SSSR count). The number of carboxylic acid groups (broad SMARTS) is 1. The summed E-state index contributed by atoms with van der Waals surface area (Å²) in [5, 5.41) is 11.1. The molecule has 1 aromatic heterocycles. The maximum Gasteiger partial charge on any atom is 0.323 e. The molecule has 6 nitrogen and oxygen atoms in total.